The van der Waals surface area contributed by atoms with Gasteiger partial charge in [-0.15, -0.1) is 5.10 Å². The molecule has 1 amide bonds. The van der Waals surface area contributed by atoms with Gasteiger partial charge in [0.05, 0.1) is 11.9 Å². The van der Waals surface area contributed by atoms with Crippen molar-refractivity contribution in [1.82, 2.24) is 30.0 Å². The van der Waals surface area contributed by atoms with Gasteiger partial charge in [-0.3, -0.25) is 0 Å². The Kier molecular flexibility index (Phi) is 5.52. The van der Waals surface area contributed by atoms with E-state index in [9.17, 15) is 4.79 Å². The highest BCUT2D eigenvalue weighted by Gasteiger charge is 2.28. The molecule has 3 aromatic heterocycles. The Morgan fingerprint density at radius 1 is 1.31 bits per heavy atom. The third kappa shape index (κ3) is 4.39. The quantitative estimate of drug-likeness (QED) is 0.631. The number of nitrogens with zero attached hydrogens (tertiary/aromatic N) is 7. The van der Waals surface area contributed by atoms with Crippen LogP contribution in [0.5, 0.6) is 0 Å². The maximum Gasteiger partial charge on any atom is 0.407 e. The van der Waals surface area contributed by atoms with Gasteiger partial charge in [0.1, 0.15) is 34.9 Å². The van der Waals surface area contributed by atoms with E-state index in [0.717, 1.165) is 19.4 Å². The van der Waals surface area contributed by atoms with Crippen molar-refractivity contribution in [2.45, 2.75) is 45.3 Å². The SMILES string of the molecule is CC(C)(C)OC(=O)N[C@@H]1CCCN(c2nn(-c3ccc(C#N)nc3)c3ncnc(N)c23)C1. The summed E-state index contributed by atoms with van der Waals surface area (Å²) in [5.74, 6) is 0.957. The maximum absolute atomic E-state index is 12.2. The molecule has 0 aliphatic carbocycles. The van der Waals surface area contributed by atoms with E-state index in [1.165, 1.54) is 6.33 Å². The van der Waals surface area contributed by atoms with Crippen LogP contribution in [-0.2, 0) is 4.74 Å². The Balaban J connectivity index is 1.65. The van der Waals surface area contributed by atoms with E-state index in [4.69, 9.17) is 20.8 Å². The summed E-state index contributed by atoms with van der Waals surface area (Å²) >= 11 is 0. The van der Waals surface area contributed by atoms with Gasteiger partial charge in [-0.25, -0.2) is 24.4 Å². The molecule has 11 heteroatoms. The number of carbonyl (C=O) groups excluding carboxylic acids is 1. The number of nitriles is 1. The average molecular weight is 435 g/mol. The van der Waals surface area contributed by atoms with Gasteiger partial charge in [-0.2, -0.15) is 5.26 Å². The molecule has 0 aromatic carbocycles. The zero-order valence-corrected chi connectivity index (χ0v) is 18.2. The van der Waals surface area contributed by atoms with Crippen LogP contribution in [-0.4, -0.2) is 55.6 Å². The summed E-state index contributed by atoms with van der Waals surface area (Å²) in [6.45, 7) is 6.79. The molecule has 0 saturated carbocycles. The highest BCUT2D eigenvalue weighted by molar-refractivity contribution is 5.97. The number of nitrogens with two attached hydrogens (primary N) is 1. The minimum absolute atomic E-state index is 0.0961. The fourth-order valence-corrected chi connectivity index (χ4v) is 3.70. The summed E-state index contributed by atoms with van der Waals surface area (Å²) in [4.78, 5) is 27.0. The van der Waals surface area contributed by atoms with E-state index in [1.54, 1.807) is 23.0 Å². The standard InChI is InChI=1S/C21H25N9O2/c1-21(2,3)32-20(31)27-14-5-4-8-29(11-14)19-16-17(23)25-12-26-18(16)30(28-19)15-7-6-13(9-22)24-10-15/h6-7,10,12,14H,4-5,8,11H2,1-3H3,(H,27,31)(H2,23,25,26)/t14-/m1/s1. The Morgan fingerprint density at radius 3 is 2.81 bits per heavy atom. The summed E-state index contributed by atoms with van der Waals surface area (Å²) < 4.78 is 7.03. The molecule has 1 aliphatic rings. The van der Waals surface area contributed by atoms with Gasteiger partial charge in [0.15, 0.2) is 11.5 Å². The molecule has 3 aromatic rings. The number of nitrogen functional groups attached to an aromatic ring is 1. The lowest BCUT2D eigenvalue weighted by Crippen LogP contribution is -2.49. The number of aromatic nitrogens is 5. The molecule has 1 saturated heterocycles. The molecule has 32 heavy (non-hydrogen) atoms. The molecule has 11 nitrogen and oxygen atoms in total. The number of alkyl carbamates (subject to hydrolysis) is 1. The first-order valence-electron chi connectivity index (χ1n) is 10.4. The van der Waals surface area contributed by atoms with E-state index < -0.39 is 11.7 Å². The highest BCUT2D eigenvalue weighted by atomic mass is 16.6. The third-order valence-electron chi connectivity index (χ3n) is 5.02. The number of fused-ring (bicyclic) bond motifs is 1. The second kappa shape index (κ2) is 8.30. The number of anilines is 2. The Labute approximate surface area is 185 Å². The monoisotopic (exact) mass is 435 g/mol. The van der Waals surface area contributed by atoms with Crippen molar-refractivity contribution in [1.29, 1.82) is 5.26 Å². The van der Waals surface area contributed by atoms with Crippen LogP contribution in [0.15, 0.2) is 24.7 Å². The topological polar surface area (TPSA) is 148 Å². The lowest BCUT2D eigenvalue weighted by molar-refractivity contribution is 0.0500. The second-order valence-electron chi connectivity index (χ2n) is 8.64. The summed E-state index contributed by atoms with van der Waals surface area (Å²) in [5, 5.41) is 17.4. The third-order valence-corrected chi connectivity index (χ3v) is 5.02. The normalized spacial score (nSPS) is 16.6. The number of pyridine rings is 1. The van der Waals surface area contributed by atoms with Crippen molar-refractivity contribution in [2.24, 2.45) is 0 Å². The van der Waals surface area contributed by atoms with Crippen molar-refractivity contribution >= 4 is 28.8 Å². The predicted molar refractivity (Wildman–Crippen MR) is 118 cm³/mol. The number of carbonyl (C=O) groups is 1. The maximum atomic E-state index is 12.2. The fourth-order valence-electron chi connectivity index (χ4n) is 3.70. The predicted octanol–water partition coefficient (Wildman–Crippen LogP) is 2.16. The smallest absolute Gasteiger partial charge is 0.407 e. The zero-order valence-electron chi connectivity index (χ0n) is 18.2. The molecule has 166 valence electrons. The van der Waals surface area contributed by atoms with Crippen LogP contribution in [0.2, 0.25) is 0 Å². The molecule has 0 unspecified atom stereocenters. The van der Waals surface area contributed by atoms with Gasteiger partial charge in [-0.1, -0.05) is 0 Å². The molecule has 0 spiro atoms. The van der Waals surface area contributed by atoms with E-state index in [1.807, 2.05) is 26.8 Å². The largest absolute Gasteiger partial charge is 0.444 e. The number of amides is 1. The van der Waals surface area contributed by atoms with Crippen molar-refractivity contribution in [3.8, 4) is 11.8 Å². The van der Waals surface area contributed by atoms with Gasteiger partial charge in [0, 0.05) is 19.1 Å². The van der Waals surface area contributed by atoms with Crippen LogP contribution in [0.1, 0.15) is 39.3 Å². The number of nitrogens with one attached hydrogen (secondary N) is 1. The van der Waals surface area contributed by atoms with E-state index in [2.05, 4.69) is 25.2 Å². The van der Waals surface area contributed by atoms with Crippen LogP contribution in [0.25, 0.3) is 16.7 Å². The average Bonchev–Trinajstić information content (AvgIpc) is 3.14. The van der Waals surface area contributed by atoms with E-state index in [0.29, 0.717) is 40.6 Å². The summed E-state index contributed by atoms with van der Waals surface area (Å²) in [7, 11) is 0. The molecule has 1 atom stereocenters. The first-order valence-corrected chi connectivity index (χ1v) is 10.4. The van der Waals surface area contributed by atoms with E-state index >= 15 is 0 Å². The van der Waals surface area contributed by atoms with Crippen LogP contribution in [0, 0.1) is 11.3 Å². The summed E-state index contributed by atoms with van der Waals surface area (Å²) in [6.07, 6.45) is 4.21. The van der Waals surface area contributed by atoms with Gasteiger partial charge in [0.25, 0.3) is 0 Å². The van der Waals surface area contributed by atoms with Gasteiger partial charge < -0.3 is 20.7 Å². The van der Waals surface area contributed by atoms with Crippen LogP contribution < -0.4 is 16.0 Å². The van der Waals surface area contributed by atoms with Crippen molar-refractivity contribution < 1.29 is 9.53 Å². The van der Waals surface area contributed by atoms with Crippen LogP contribution in [0.3, 0.4) is 0 Å². The number of ether oxygens (including phenoxy) is 1. The van der Waals surface area contributed by atoms with Crippen LogP contribution >= 0.6 is 0 Å². The fraction of sp³-hybridized carbons (Fsp3) is 0.429. The minimum Gasteiger partial charge on any atom is -0.444 e. The molecule has 0 radical (unpaired) electrons. The van der Waals surface area contributed by atoms with E-state index in [-0.39, 0.29) is 6.04 Å². The summed E-state index contributed by atoms with van der Waals surface area (Å²) in [5.41, 5.74) is 7.15. The first kappa shape index (κ1) is 21.3. The molecular formula is C21H25N9O2. The molecule has 4 rings (SSSR count). The number of hydrogen-bond acceptors (Lipinski definition) is 9. The summed E-state index contributed by atoms with van der Waals surface area (Å²) in [6, 6.07) is 5.28. The molecule has 1 fully saturated rings. The Hall–Kier alpha value is -3.94. The first-order chi connectivity index (χ1) is 15.2. The second-order valence-corrected chi connectivity index (χ2v) is 8.64. The highest BCUT2D eigenvalue weighted by Crippen LogP contribution is 2.32. The van der Waals surface area contributed by atoms with Crippen molar-refractivity contribution in [2.75, 3.05) is 23.7 Å². The van der Waals surface area contributed by atoms with Gasteiger partial charge in [0.2, 0.25) is 0 Å². The van der Waals surface area contributed by atoms with Gasteiger partial charge >= 0.3 is 6.09 Å². The molecule has 3 N–H and O–H groups in total. The lowest BCUT2D eigenvalue weighted by Gasteiger charge is -2.33. The molecule has 1 aliphatic heterocycles. The molecule has 4 heterocycles. The lowest BCUT2D eigenvalue weighted by atomic mass is 10.1. The van der Waals surface area contributed by atoms with Gasteiger partial charge in [-0.05, 0) is 45.7 Å². The molecule has 0 bridgehead atoms. The number of hydrogen-bond donors (Lipinski definition) is 2. The van der Waals surface area contributed by atoms with Crippen molar-refractivity contribution in [3.05, 3.63) is 30.4 Å². The Morgan fingerprint density at radius 2 is 2.12 bits per heavy atom. The zero-order chi connectivity index (χ0) is 22.9. The van der Waals surface area contributed by atoms with Crippen LogP contribution in [0.4, 0.5) is 16.4 Å². The molecular weight excluding hydrogens is 410 g/mol. The number of rotatable bonds is 3. The number of piperidine rings is 1. The Bertz CT molecular complexity index is 1170. The van der Waals surface area contributed by atoms with Crippen molar-refractivity contribution in [3.63, 3.8) is 0 Å². The minimum atomic E-state index is -0.561.